The largest absolute Gasteiger partial charge is 0.250 e. The first-order chi connectivity index (χ1) is 7.72. The average Bonchev–Trinajstić information content (AvgIpc) is 2.34. The molecule has 90 valence electrons. The number of benzene rings is 1. The van der Waals surface area contributed by atoms with E-state index in [0.29, 0.717) is 0 Å². The van der Waals surface area contributed by atoms with Crippen LogP contribution < -0.4 is 0 Å². The predicted octanol–water partition coefficient (Wildman–Crippen LogP) is 4.66. The highest BCUT2D eigenvalue weighted by molar-refractivity contribution is 5.34. The summed E-state index contributed by atoms with van der Waals surface area (Å²) in [6.07, 6.45) is 4.61. The van der Waals surface area contributed by atoms with E-state index in [1.54, 1.807) is 0 Å². The van der Waals surface area contributed by atoms with Crippen LogP contribution in [0.25, 0.3) is 0 Å². The third-order valence-electron chi connectivity index (χ3n) is 3.17. The van der Waals surface area contributed by atoms with Crippen LogP contribution in [0, 0.1) is 0 Å². The highest BCUT2D eigenvalue weighted by Crippen LogP contribution is 2.23. The van der Waals surface area contributed by atoms with Crippen molar-refractivity contribution in [2.75, 3.05) is 6.67 Å². The van der Waals surface area contributed by atoms with Gasteiger partial charge in [-0.05, 0) is 36.0 Å². The first kappa shape index (κ1) is 13.2. The summed E-state index contributed by atoms with van der Waals surface area (Å²) in [6.45, 7) is 6.05. The van der Waals surface area contributed by atoms with Crippen molar-refractivity contribution in [1.29, 1.82) is 0 Å². The Labute approximate surface area is 98.9 Å². The van der Waals surface area contributed by atoms with Gasteiger partial charge in [0.05, 0.1) is 6.67 Å². The Kier molecular flexibility index (Phi) is 5.51. The third-order valence-corrected chi connectivity index (χ3v) is 3.17. The van der Waals surface area contributed by atoms with Gasteiger partial charge >= 0.3 is 0 Å². The van der Waals surface area contributed by atoms with Crippen molar-refractivity contribution in [1.82, 2.24) is 0 Å². The molecule has 0 saturated carbocycles. The molecule has 0 nitrogen and oxygen atoms in total. The molecule has 0 aromatic heterocycles. The summed E-state index contributed by atoms with van der Waals surface area (Å²) in [6, 6.07) is 6.54. The normalized spacial score (nSPS) is 12.8. The molecular weight excluding hydrogens is 199 g/mol. The van der Waals surface area contributed by atoms with E-state index in [4.69, 9.17) is 0 Å². The molecule has 1 atom stereocenters. The molecule has 1 aromatic carbocycles. The number of unbranched alkanes of at least 4 members (excludes halogenated alkanes) is 1. The maximum Gasteiger partial charge on any atom is 0.0960 e. The molecule has 0 aliphatic heterocycles. The molecule has 0 fully saturated rings. The molecule has 1 heteroatoms. The summed E-state index contributed by atoms with van der Waals surface area (Å²) in [5.41, 5.74) is 3.90. The Hall–Kier alpha value is -0.850. The molecule has 0 saturated heterocycles. The zero-order chi connectivity index (χ0) is 12.0. The molecule has 1 rings (SSSR count). The Morgan fingerprint density at radius 2 is 2.00 bits per heavy atom. The van der Waals surface area contributed by atoms with E-state index >= 15 is 0 Å². The van der Waals surface area contributed by atoms with Crippen molar-refractivity contribution < 1.29 is 4.39 Å². The van der Waals surface area contributed by atoms with Crippen molar-refractivity contribution in [2.24, 2.45) is 0 Å². The van der Waals surface area contributed by atoms with Gasteiger partial charge < -0.3 is 0 Å². The molecule has 0 aliphatic rings. The molecule has 0 bridgehead atoms. The smallest absolute Gasteiger partial charge is 0.0960 e. The van der Waals surface area contributed by atoms with Gasteiger partial charge in [0.15, 0.2) is 0 Å². The Morgan fingerprint density at radius 3 is 2.56 bits per heavy atom. The first-order valence-electron chi connectivity index (χ1n) is 6.40. The SMILES string of the molecule is CCCCc1ccc([C@@H](C)CF)c(CC)c1. The van der Waals surface area contributed by atoms with Crippen LogP contribution in [0.2, 0.25) is 0 Å². The summed E-state index contributed by atoms with van der Waals surface area (Å²) < 4.78 is 12.7. The number of hydrogen-bond acceptors (Lipinski definition) is 0. The van der Waals surface area contributed by atoms with Crippen LogP contribution in [-0.2, 0) is 12.8 Å². The molecular formula is C15H23F. The number of aryl methyl sites for hydroxylation is 2. The molecule has 0 amide bonds. The maximum atomic E-state index is 12.7. The fourth-order valence-electron chi connectivity index (χ4n) is 2.07. The van der Waals surface area contributed by atoms with Gasteiger partial charge in [-0.1, -0.05) is 45.4 Å². The molecule has 0 N–H and O–H groups in total. The Morgan fingerprint density at radius 1 is 1.25 bits per heavy atom. The van der Waals surface area contributed by atoms with E-state index < -0.39 is 0 Å². The van der Waals surface area contributed by atoms with Crippen molar-refractivity contribution in [3.05, 3.63) is 34.9 Å². The zero-order valence-corrected chi connectivity index (χ0v) is 10.7. The summed E-state index contributed by atoms with van der Waals surface area (Å²) in [5.74, 6) is 0.0372. The fraction of sp³-hybridized carbons (Fsp3) is 0.600. The van der Waals surface area contributed by atoms with Crippen molar-refractivity contribution in [3.8, 4) is 0 Å². The third kappa shape index (κ3) is 3.33. The molecule has 0 heterocycles. The van der Waals surface area contributed by atoms with Gasteiger partial charge in [-0.25, -0.2) is 0 Å². The summed E-state index contributed by atoms with van der Waals surface area (Å²) in [7, 11) is 0. The second-order valence-electron chi connectivity index (χ2n) is 4.55. The minimum atomic E-state index is -0.263. The Bertz CT molecular complexity index is 317. The molecule has 0 unspecified atom stereocenters. The van der Waals surface area contributed by atoms with E-state index in [0.717, 1.165) is 12.8 Å². The lowest BCUT2D eigenvalue weighted by molar-refractivity contribution is 0.446. The van der Waals surface area contributed by atoms with E-state index in [-0.39, 0.29) is 12.6 Å². The van der Waals surface area contributed by atoms with Crippen LogP contribution >= 0.6 is 0 Å². The lowest BCUT2D eigenvalue weighted by Gasteiger charge is -2.14. The van der Waals surface area contributed by atoms with Crippen LogP contribution in [0.15, 0.2) is 18.2 Å². The van der Waals surface area contributed by atoms with E-state index in [9.17, 15) is 4.39 Å². The molecule has 1 aromatic rings. The lowest BCUT2D eigenvalue weighted by atomic mass is 9.92. The molecule has 0 radical (unpaired) electrons. The monoisotopic (exact) mass is 222 g/mol. The number of alkyl halides is 1. The quantitative estimate of drug-likeness (QED) is 0.656. The first-order valence-corrected chi connectivity index (χ1v) is 6.40. The van der Waals surface area contributed by atoms with Gasteiger partial charge in [-0.15, -0.1) is 0 Å². The van der Waals surface area contributed by atoms with Crippen LogP contribution in [0.5, 0.6) is 0 Å². The van der Waals surface area contributed by atoms with Gasteiger partial charge in [-0.2, -0.15) is 0 Å². The topological polar surface area (TPSA) is 0 Å². The second kappa shape index (κ2) is 6.67. The van der Waals surface area contributed by atoms with Gasteiger partial charge in [-0.3, -0.25) is 4.39 Å². The van der Waals surface area contributed by atoms with Crippen molar-refractivity contribution in [3.63, 3.8) is 0 Å². The second-order valence-corrected chi connectivity index (χ2v) is 4.55. The minimum absolute atomic E-state index is 0.0372. The van der Waals surface area contributed by atoms with Crippen molar-refractivity contribution >= 4 is 0 Å². The summed E-state index contributed by atoms with van der Waals surface area (Å²) in [5, 5.41) is 0. The van der Waals surface area contributed by atoms with Crippen LogP contribution in [0.3, 0.4) is 0 Å². The molecule has 16 heavy (non-hydrogen) atoms. The standard InChI is InChI=1S/C15H23F/c1-4-6-7-13-8-9-15(12(3)11-16)14(5-2)10-13/h8-10,12H,4-7,11H2,1-3H3/t12-/m0/s1. The van der Waals surface area contributed by atoms with Gasteiger partial charge in [0.2, 0.25) is 0 Å². The zero-order valence-electron chi connectivity index (χ0n) is 10.7. The van der Waals surface area contributed by atoms with Crippen LogP contribution in [0.4, 0.5) is 4.39 Å². The highest BCUT2D eigenvalue weighted by Gasteiger charge is 2.09. The average molecular weight is 222 g/mol. The predicted molar refractivity (Wildman–Crippen MR) is 68.8 cm³/mol. The molecule has 0 aliphatic carbocycles. The van der Waals surface area contributed by atoms with E-state index in [2.05, 4.69) is 32.0 Å². The number of hydrogen-bond donors (Lipinski definition) is 0. The molecule has 0 spiro atoms. The van der Waals surface area contributed by atoms with Crippen LogP contribution in [-0.4, -0.2) is 6.67 Å². The minimum Gasteiger partial charge on any atom is -0.250 e. The van der Waals surface area contributed by atoms with E-state index in [1.165, 1.54) is 29.5 Å². The van der Waals surface area contributed by atoms with Gasteiger partial charge in [0, 0.05) is 5.92 Å². The Balaban J connectivity index is 2.88. The highest BCUT2D eigenvalue weighted by atomic mass is 19.1. The van der Waals surface area contributed by atoms with Gasteiger partial charge in [0.25, 0.3) is 0 Å². The van der Waals surface area contributed by atoms with Gasteiger partial charge in [0.1, 0.15) is 0 Å². The maximum absolute atomic E-state index is 12.7. The summed E-state index contributed by atoms with van der Waals surface area (Å²) >= 11 is 0. The van der Waals surface area contributed by atoms with E-state index in [1.807, 2.05) is 6.92 Å². The number of halogens is 1. The lowest BCUT2D eigenvalue weighted by Crippen LogP contribution is -2.01. The van der Waals surface area contributed by atoms with Crippen molar-refractivity contribution in [2.45, 2.75) is 52.4 Å². The summed E-state index contributed by atoms with van der Waals surface area (Å²) in [4.78, 5) is 0. The number of rotatable bonds is 6. The fourth-order valence-corrected chi connectivity index (χ4v) is 2.07. The van der Waals surface area contributed by atoms with Crippen LogP contribution in [0.1, 0.15) is 56.2 Å².